The number of hydrogen-bond donors (Lipinski definition) is 2. The van der Waals surface area contributed by atoms with E-state index in [9.17, 15) is 13.6 Å². The minimum atomic E-state index is -0.677. The number of nitrogens with zero attached hydrogens (tertiary/aromatic N) is 1. The van der Waals surface area contributed by atoms with Crippen LogP contribution in [0.2, 0.25) is 0 Å². The molecule has 3 rings (SSSR count). The third-order valence-electron chi connectivity index (χ3n) is 4.56. The molecule has 0 radical (unpaired) electrons. The standard InChI is InChI=1S/C18H21F2N3O2/c1-11-7-15(20)13(8-14(11)19)9-16(24)23-18(3-5-25-6-4-18)17-21-10-12(2)22-17/h7-8,10H,3-6,9H2,1-2H3,(H,21,22)(H,23,24). The van der Waals surface area contributed by atoms with E-state index in [2.05, 4.69) is 15.3 Å². The molecule has 1 amide bonds. The number of imidazole rings is 1. The molecule has 0 spiro atoms. The van der Waals surface area contributed by atoms with Crippen LogP contribution in [0.15, 0.2) is 18.3 Å². The summed E-state index contributed by atoms with van der Waals surface area (Å²) >= 11 is 0. The molecular formula is C18H21F2N3O2. The molecule has 1 aliphatic rings. The van der Waals surface area contributed by atoms with Crippen LogP contribution in [0, 0.1) is 25.5 Å². The summed E-state index contributed by atoms with van der Waals surface area (Å²) in [6.07, 6.45) is 2.60. The monoisotopic (exact) mass is 349 g/mol. The first-order valence-electron chi connectivity index (χ1n) is 8.25. The van der Waals surface area contributed by atoms with Crippen LogP contribution < -0.4 is 5.32 Å². The number of nitrogens with one attached hydrogen (secondary N) is 2. The van der Waals surface area contributed by atoms with Crippen molar-refractivity contribution >= 4 is 5.91 Å². The maximum absolute atomic E-state index is 14.0. The van der Waals surface area contributed by atoms with Crippen LogP contribution in [0.3, 0.4) is 0 Å². The van der Waals surface area contributed by atoms with Crippen molar-refractivity contribution in [1.29, 1.82) is 0 Å². The number of carbonyl (C=O) groups is 1. The molecule has 2 heterocycles. The molecule has 0 aliphatic carbocycles. The zero-order valence-corrected chi connectivity index (χ0v) is 14.3. The second-order valence-corrected chi connectivity index (χ2v) is 6.53. The van der Waals surface area contributed by atoms with E-state index in [1.165, 1.54) is 6.92 Å². The van der Waals surface area contributed by atoms with Crippen molar-refractivity contribution in [2.75, 3.05) is 13.2 Å². The van der Waals surface area contributed by atoms with Crippen LogP contribution in [0.5, 0.6) is 0 Å². The minimum Gasteiger partial charge on any atom is -0.381 e. The van der Waals surface area contributed by atoms with Crippen LogP contribution in [0.25, 0.3) is 0 Å². The quantitative estimate of drug-likeness (QED) is 0.892. The summed E-state index contributed by atoms with van der Waals surface area (Å²) in [5, 5.41) is 2.97. The first kappa shape index (κ1) is 17.5. The van der Waals surface area contributed by atoms with E-state index in [1.54, 1.807) is 6.20 Å². The molecule has 1 saturated heterocycles. The Bertz CT molecular complexity index is 783. The molecule has 2 N–H and O–H groups in total. The molecule has 134 valence electrons. The summed E-state index contributed by atoms with van der Waals surface area (Å²) < 4.78 is 33.1. The van der Waals surface area contributed by atoms with Gasteiger partial charge < -0.3 is 15.0 Å². The number of hydrogen-bond acceptors (Lipinski definition) is 3. The SMILES string of the molecule is Cc1cnc(C2(NC(=O)Cc3cc(F)c(C)cc3F)CCOCC2)[nH]1. The summed E-state index contributed by atoms with van der Waals surface area (Å²) in [7, 11) is 0. The van der Waals surface area contributed by atoms with Gasteiger partial charge >= 0.3 is 0 Å². The van der Waals surface area contributed by atoms with Gasteiger partial charge in [-0.05, 0) is 31.5 Å². The second kappa shape index (κ2) is 6.92. The fraction of sp³-hybridized carbons (Fsp3) is 0.444. The summed E-state index contributed by atoms with van der Waals surface area (Å²) in [4.78, 5) is 20.1. The lowest BCUT2D eigenvalue weighted by Gasteiger charge is -2.36. The maximum atomic E-state index is 14.0. The van der Waals surface area contributed by atoms with E-state index in [4.69, 9.17) is 4.74 Å². The highest BCUT2D eigenvalue weighted by atomic mass is 19.1. The Kier molecular flexibility index (Phi) is 4.85. The molecule has 0 atom stereocenters. The third kappa shape index (κ3) is 3.71. The molecule has 0 unspecified atom stereocenters. The molecule has 0 saturated carbocycles. The van der Waals surface area contributed by atoms with Crippen LogP contribution >= 0.6 is 0 Å². The van der Waals surface area contributed by atoms with Gasteiger partial charge in [0.25, 0.3) is 0 Å². The Balaban J connectivity index is 1.80. The van der Waals surface area contributed by atoms with Crippen LogP contribution in [0.1, 0.15) is 35.5 Å². The average molecular weight is 349 g/mol. The lowest BCUT2D eigenvalue weighted by atomic mass is 9.88. The molecule has 1 aromatic heterocycles. The van der Waals surface area contributed by atoms with Gasteiger partial charge in [-0.3, -0.25) is 4.79 Å². The van der Waals surface area contributed by atoms with Gasteiger partial charge in [0.05, 0.1) is 6.42 Å². The summed E-state index contributed by atoms with van der Waals surface area (Å²) in [5.74, 6) is -0.814. The fourth-order valence-corrected chi connectivity index (χ4v) is 3.10. The first-order valence-corrected chi connectivity index (χ1v) is 8.25. The van der Waals surface area contributed by atoms with Gasteiger partial charge in [-0.2, -0.15) is 0 Å². The summed E-state index contributed by atoms with van der Waals surface area (Å²) in [6.45, 7) is 4.36. The number of aryl methyl sites for hydroxylation is 2. The molecule has 7 heteroatoms. The number of halogens is 2. The fourth-order valence-electron chi connectivity index (χ4n) is 3.10. The van der Waals surface area contributed by atoms with E-state index in [0.717, 1.165) is 17.8 Å². The van der Waals surface area contributed by atoms with Gasteiger partial charge in [0.1, 0.15) is 23.0 Å². The van der Waals surface area contributed by atoms with Gasteiger partial charge in [0, 0.05) is 43.5 Å². The van der Waals surface area contributed by atoms with Crippen molar-refractivity contribution in [3.05, 3.63) is 52.6 Å². The smallest absolute Gasteiger partial charge is 0.225 e. The van der Waals surface area contributed by atoms with Gasteiger partial charge in [-0.15, -0.1) is 0 Å². The molecule has 1 aromatic carbocycles. The van der Waals surface area contributed by atoms with Crippen molar-refractivity contribution in [2.45, 2.75) is 38.6 Å². The van der Waals surface area contributed by atoms with Gasteiger partial charge in [-0.1, -0.05) is 0 Å². The highest BCUT2D eigenvalue weighted by Crippen LogP contribution is 2.30. The maximum Gasteiger partial charge on any atom is 0.225 e. The molecule has 0 bridgehead atoms. The van der Waals surface area contributed by atoms with E-state index >= 15 is 0 Å². The van der Waals surface area contributed by atoms with Crippen molar-refractivity contribution in [3.8, 4) is 0 Å². The molecular weight excluding hydrogens is 328 g/mol. The lowest BCUT2D eigenvalue weighted by Crippen LogP contribution is -2.50. The Hall–Kier alpha value is -2.28. The van der Waals surface area contributed by atoms with Crippen LogP contribution in [0.4, 0.5) is 8.78 Å². The molecule has 1 fully saturated rings. The van der Waals surface area contributed by atoms with Crippen molar-refractivity contribution < 1.29 is 18.3 Å². The third-order valence-corrected chi connectivity index (χ3v) is 4.56. The number of benzene rings is 1. The Morgan fingerprint density at radius 2 is 2.00 bits per heavy atom. The van der Waals surface area contributed by atoms with Crippen molar-refractivity contribution in [1.82, 2.24) is 15.3 Å². The highest BCUT2D eigenvalue weighted by molar-refractivity contribution is 5.79. The molecule has 5 nitrogen and oxygen atoms in total. The van der Waals surface area contributed by atoms with Gasteiger partial charge in [-0.25, -0.2) is 13.8 Å². The topological polar surface area (TPSA) is 67.0 Å². The summed E-state index contributed by atoms with van der Waals surface area (Å²) in [6, 6.07) is 2.19. The Morgan fingerprint density at radius 1 is 1.28 bits per heavy atom. The Morgan fingerprint density at radius 3 is 2.64 bits per heavy atom. The average Bonchev–Trinajstić information content (AvgIpc) is 3.00. The lowest BCUT2D eigenvalue weighted by molar-refractivity contribution is -0.124. The number of rotatable bonds is 4. The zero-order chi connectivity index (χ0) is 18.0. The van der Waals surface area contributed by atoms with E-state index in [0.29, 0.717) is 31.9 Å². The number of carbonyl (C=O) groups excluding carboxylic acids is 1. The number of aromatic amines is 1. The predicted octanol–water partition coefficient (Wildman–Crippen LogP) is 2.67. The van der Waals surface area contributed by atoms with Crippen LogP contribution in [-0.4, -0.2) is 29.1 Å². The molecule has 1 aliphatic heterocycles. The number of aromatic nitrogens is 2. The zero-order valence-electron chi connectivity index (χ0n) is 14.3. The minimum absolute atomic E-state index is 0.0402. The number of ether oxygens (including phenoxy) is 1. The number of amides is 1. The molecule has 2 aromatic rings. The molecule has 25 heavy (non-hydrogen) atoms. The van der Waals surface area contributed by atoms with E-state index < -0.39 is 17.2 Å². The normalized spacial score (nSPS) is 16.6. The van der Waals surface area contributed by atoms with Crippen molar-refractivity contribution in [3.63, 3.8) is 0 Å². The van der Waals surface area contributed by atoms with Gasteiger partial charge in [0.2, 0.25) is 5.91 Å². The van der Waals surface area contributed by atoms with E-state index in [1.807, 2.05) is 6.92 Å². The highest BCUT2D eigenvalue weighted by Gasteiger charge is 2.38. The van der Waals surface area contributed by atoms with Crippen LogP contribution in [-0.2, 0) is 21.5 Å². The first-order chi connectivity index (χ1) is 11.9. The number of H-pyrrole nitrogens is 1. The summed E-state index contributed by atoms with van der Waals surface area (Å²) in [5.41, 5.74) is 0.470. The van der Waals surface area contributed by atoms with Crippen molar-refractivity contribution in [2.24, 2.45) is 0 Å². The largest absolute Gasteiger partial charge is 0.381 e. The predicted molar refractivity (Wildman–Crippen MR) is 88.0 cm³/mol. The Labute approximate surface area is 144 Å². The van der Waals surface area contributed by atoms with Gasteiger partial charge in [0.15, 0.2) is 0 Å². The second-order valence-electron chi connectivity index (χ2n) is 6.53. The van der Waals surface area contributed by atoms with E-state index in [-0.39, 0.29) is 23.5 Å².